The number of primary sulfonamides is 1. The molecule has 0 saturated carbocycles. The van der Waals surface area contributed by atoms with E-state index >= 15 is 0 Å². The van der Waals surface area contributed by atoms with Crippen LogP contribution in [0.15, 0.2) is 29.2 Å². The highest BCUT2D eigenvalue weighted by molar-refractivity contribution is 7.89. The summed E-state index contributed by atoms with van der Waals surface area (Å²) in [6.07, 6.45) is 4.70. The summed E-state index contributed by atoms with van der Waals surface area (Å²) in [5.41, 5.74) is 1.08. The SMILES string of the molecule is CCCCC(CC)NC(C)c1ccc(S(N)(=O)=O)cc1. The van der Waals surface area contributed by atoms with E-state index in [4.69, 9.17) is 5.14 Å². The molecule has 114 valence electrons. The minimum absolute atomic E-state index is 0.159. The minimum Gasteiger partial charge on any atom is -0.307 e. The molecule has 5 heteroatoms. The fraction of sp³-hybridized carbons (Fsp3) is 0.600. The molecule has 1 rings (SSSR count). The maximum absolute atomic E-state index is 11.2. The molecule has 0 aliphatic rings. The number of nitrogens with two attached hydrogens (primary N) is 1. The van der Waals surface area contributed by atoms with Crippen LogP contribution in [-0.2, 0) is 10.0 Å². The van der Waals surface area contributed by atoms with Crippen LogP contribution in [0.3, 0.4) is 0 Å². The van der Waals surface area contributed by atoms with E-state index < -0.39 is 10.0 Å². The summed E-state index contributed by atoms with van der Waals surface area (Å²) < 4.78 is 22.4. The second-order valence-corrected chi connectivity index (χ2v) is 6.81. The van der Waals surface area contributed by atoms with Crippen molar-refractivity contribution >= 4 is 10.0 Å². The zero-order valence-electron chi connectivity index (χ0n) is 12.6. The van der Waals surface area contributed by atoms with Gasteiger partial charge in [0, 0.05) is 12.1 Å². The number of hydrogen-bond acceptors (Lipinski definition) is 3. The molecule has 0 fully saturated rings. The van der Waals surface area contributed by atoms with Gasteiger partial charge in [0.05, 0.1) is 4.90 Å². The molecule has 1 aromatic rings. The van der Waals surface area contributed by atoms with Crippen LogP contribution in [0.1, 0.15) is 58.1 Å². The first-order valence-electron chi connectivity index (χ1n) is 7.27. The predicted molar refractivity (Wildman–Crippen MR) is 83.0 cm³/mol. The van der Waals surface area contributed by atoms with Gasteiger partial charge < -0.3 is 5.32 Å². The first kappa shape index (κ1) is 17.1. The van der Waals surface area contributed by atoms with Gasteiger partial charge in [-0.15, -0.1) is 0 Å². The van der Waals surface area contributed by atoms with Gasteiger partial charge in [0.25, 0.3) is 0 Å². The molecule has 3 N–H and O–H groups in total. The van der Waals surface area contributed by atoms with Gasteiger partial charge in [-0.25, -0.2) is 13.6 Å². The van der Waals surface area contributed by atoms with Crippen molar-refractivity contribution in [1.29, 1.82) is 0 Å². The van der Waals surface area contributed by atoms with Gasteiger partial charge in [-0.05, 0) is 37.5 Å². The molecule has 20 heavy (non-hydrogen) atoms. The smallest absolute Gasteiger partial charge is 0.238 e. The average Bonchev–Trinajstić information content (AvgIpc) is 2.42. The summed E-state index contributed by atoms with van der Waals surface area (Å²) in [6.45, 7) is 6.48. The quantitative estimate of drug-likeness (QED) is 0.775. The minimum atomic E-state index is -3.61. The van der Waals surface area contributed by atoms with Crippen molar-refractivity contribution in [3.63, 3.8) is 0 Å². The Bertz CT molecular complexity index is 497. The van der Waals surface area contributed by atoms with Crippen LogP contribution in [0, 0.1) is 0 Å². The third-order valence-corrected chi connectivity index (χ3v) is 4.52. The van der Waals surface area contributed by atoms with E-state index in [1.807, 2.05) is 12.1 Å². The Morgan fingerprint density at radius 2 is 1.80 bits per heavy atom. The number of unbranched alkanes of at least 4 members (excludes halogenated alkanes) is 1. The number of benzene rings is 1. The van der Waals surface area contributed by atoms with Gasteiger partial charge in [0.2, 0.25) is 10.0 Å². The fourth-order valence-corrected chi connectivity index (χ4v) is 2.77. The molecule has 0 bridgehead atoms. The molecule has 0 aliphatic heterocycles. The molecular weight excluding hydrogens is 272 g/mol. The van der Waals surface area contributed by atoms with Crippen molar-refractivity contribution in [2.75, 3.05) is 0 Å². The van der Waals surface area contributed by atoms with Gasteiger partial charge in [-0.2, -0.15) is 0 Å². The van der Waals surface area contributed by atoms with E-state index in [0.717, 1.165) is 12.0 Å². The third kappa shape index (κ3) is 5.23. The van der Waals surface area contributed by atoms with E-state index in [0.29, 0.717) is 6.04 Å². The van der Waals surface area contributed by atoms with Crippen LogP contribution in [0.4, 0.5) is 0 Å². The maximum atomic E-state index is 11.2. The van der Waals surface area contributed by atoms with Gasteiger partial charge in [-0.3, -0.25) is 0 Å². The van der Waals surface area contributed by atoms with Crippen molar-refractivity contribution in [1.82, 2.24) is 5.32 Å². The van der Waals surface area contributed by atoms with Gasteiger partial charge in [-0.1, -0.05) is 38.8 Å². The predicted octanol–water partition coefficient (Wildman–Crippen LogP) is 2.95. The molecule has 0 saturated heterocycles. The van der Waals surface area contributed by atoms with E-state index in [1.54, 1.807) is 12.1 Å². The zero-order chi connectivity index (χ0) is 15.2. The molecule has 0 amide bonds. The Hall–Kier alpha value is -0.910. The van der Waals surface area contributed by atoms with Gasteiger partial charge in [0.15, 0.2) is 0 Å². The lowest BCUT2D eigenvalue weighted by Gasteiger charge is -2.22. The highest BCUT2D eigenvalue weighted by atomic mass is 32.2. The number of hydrogen-bond donors (Lipinski definition) is 2. The first-order chi connectivity index (χ1) is 9.38. The first-order valence-corrected chi connectivity index (χ1v) is 8.81. The average molecular weight is 298 g/mol. The van der Waals surface area contributed by atoms with Crippen LogP contribution >= 0.6 is 0 Å². The molecule has 1 aromatic carbocycles. The Labute approximate surface area is 122 Å². The van der Waals surface area contributed by atoms with E-state index in [9.17, 15) is 8.42 Å². The van der Waals surface area contributed by atoms with E-state index in [-0.39, 0.29) is 10.9 Å². The van der Waals surface area contributed by atoms with E-state index in [2.05, 4.69) is 26.1 Å². The zero-order valence-corrected chi connectivity index (χ0v) is 13.4. The molecule has 4 nitrogen and oxygen atoms in total. The molecule has 0 radical (unpaired) electrons. The van der Waals surface area contributed by atoms with Crippen molar-refractivity contribution < 1.29 is 8.42 Å². The van der Waals surface area contributed by atoms with Crippen molar-refractivity contribution in [3.05, 3.63) is 29.8 Å². The summed E-state index contributed by atoms with van der Waals surface area (Å²) in [6, 6.07) is 7.48. The summed E-state index contributed by atoms with van der Waals surface area (Å²) >= 11 is 0. The Kier molecular flexibility index (Phi) is 6.65. The van der Waals surface area contributed by atoms with Crippen LogP contribution in [0.5, 0.6) is 0 Å². The number of rotatable bonds is 8. The molecule has 0 aromatic heterocycles. The van der Waals surface area contributed by atoms with Crippen molar-refractivity contribution in [2.24, 2.45) is 5.14 Å². The van der Waals surface area contributed by atoms with Crippen LogP contribution < -0.4 is 10.5 Å². The summed E-state index contributed by atoms with van der Waals surface area (Å²) in [5, 5.41) is 8.69. The standard InChI is InChI=1S/C15H26N2O2S/c1-4-6-7-14(5-2)17-12(3)13-8-10-15(11-9-13)20(16,18)19/h8-12,14,17H,4-7H2,1-3H3,(H2,16,18,19). The third-order valence-electron chi connectivity index (χ3n) is 3.59. The molecule has 2 unspecified atom stereocenters. The lowest BCUT2D eigenvalue weighted by molar-refractivity contribution is 0.410. The summed E-state index contributed by atoms with van der Waals surface area (Å²) in [5.74, 6) is 0. The van der Waals surface area contributed by atoms with Crippen LogP contribution in [0.25, 0.3) is 0 Å². The maximum Gasteiger partial charge on any atom is 0.238 e. The summed E-state index contributed by atoms with van der Waals surface area (Å²) in [7, 11) is -3.61. The Balaban J connectivity index is 2.69. The van der Waals surface area contributed by atoms with Crippen LogP contribution in [0.2, 0.25) is 0 Å². The lowest BCUT2D eigenvalue weighted by atomic mass is 10.0. The molecule has 0 aliphatic carbocycles. The van der Waals surface area contributed by atoms with Crippen molar-refractivity contribution in [3.8, 4) is 0 Å². The molecular formula is C15H26N2O2S. The lowest BCUT2D eigenvalue weighted by Crippen LogP contribution is -2.31. The second kappa shape index (κ2) is 7.76. The summed E-state index contributed by atoms with van der Waals surface area (Å²) in [4.78, 5) is 0.159. The highest BCUT2D eigenvalue weighted by Gasteiger charge is 2.13. The van der Waals surface area contributed by atoms with Crippen LogP contribution in [-0.4, -0.2) is 14.5 Å². The molecule has 2 atom stereocenters. The van der Waals surface area contributed by atoms with Crippen molar-refractivity contribution in [2.45, 2.75) is 63.4 Å². The highest BCUT2D eigenvalue weighted by Crippen LogP contribution is 2.17. The topological polar surface area (TPSA) is 72.2 Å². The normalized spacial score (nSPS) is 15.0. The largest absolute Gasteiger partial charge is 0.307 e. The molecule has 0 heterocycles. The van der Waals surface area contributed by atoms with Gasteiger partial charge >= 0.3 is 0 Å². The van der Waals surface area contributed by atoms with Gasteiger partial charge in [0.1, 0.15) is 0 Å². The Morgan fingerprint density at radius 3 is 2.25 bits per heavy atom. The molecule has 0 spiro atoms. The second-order valence-electron chi connectivity index (χ2n) is 5.25. The number of sulfonamides is 1. The number of nitrogens with one attached hydrogen (secondary N) is 1. The monoisotopic (exact) mass is 298 g/mol. The van der Waals surface area contributed by atoms with E-state index in [1.165, 1.54) is 19.3 Å². The fourth-order valence-electron chi connectivity index (χ4n) is 2.25. The Morgan fingerprint density at radius 1 is 1.20 bits per heavy atom.